The van der Waals surface area contributed by atoms with Crippen LogP contribution in [0.1, 0.15) is 16.1 Å². The summed E-state index contributed by atoms with van der Waals surface area (Å²) < 4.78 is 6.06. The molecule has 1 heterocycles. The molecule has 0 atom stereocenters. The Kier molecular flexibility index (Phi) is 2.07. The first-order chi connectivity index (χ1) is 6.61. The largest absolute Gasteiger partial charge is 0.475 e. The zero-order valence-corrected chi connectivity index (χ0v) is 8.96. The number of hydrogen-bond acceptors (Lipinski definition) is 2. The Labute approximate surface area is 88.5 Å². The third kappa shape index (κ3) is 1.23. The van der Waals surface area contributed by atoms with Crippen molar-refractivity contribution < 1.29 is 14.3 Å². The number of aromatic carboxylic acids is 1. The normalized spacial score (nSPS) is 10.7. The van der Waals surface area contributed by atoms with Crippen molar-refractivity contribution in [3.05, 3.63) is 34.0 Å². The first-order valence-electron chi connectivity index (χ1n) is 4.02. The molecule has 1 N–H and O–H groups in total. The molecule has 0 bridgehead atoms. The lowest BCUT2D eigenvalue weighted by Gasteiger charge is -1.92. The minimum absolute atomic E-state index is 0.00639. The zero-order chi connectivity index (χ0) is 10.3. The van der Waals surface area contributed by atoms with Crippen molar-refractivity contribution in [2.75, 3.05) is 0 Å². The molecule has 0 unspecified atom stereocenters. The summed E-state index contributed by atoms with van der Waals surface area (Å²) in [5.41, 5.74) is 1.24. The maximum atomic E-state index is 10.8. The van der Waals surface area contributed by atoms with Crippen LogP contribution in [0.5, 0.6) is 0 Å². The molecule has 0 spiro atoms. The molecule has 0 saturated carbocycles. The number of aryl methyl sites for hydroxylation is 1. The van der Waals surface area contributed by atoms with Crippen molar-refractivity contribution in [3.8, 4) is 0 Å². The maximum absolute atomic E-state index is 10.8. The molecule has 14 heavy (non-hydrogen) atoms. The Morgan fingerprint density at radius 1 is 1.50 bits per heavy atom. The number of fused-ring (bicyclic) bond motifs is 1. The van der Waals surface area contributed by atoms with Crippen LogP contribution in [-0.2, 0) is 0 Å². The summed E-state index contributed by atoms with van der Waals surface area (Å²) in [6.45, 7) is 1.74. The second kappa shape index (κ2) is 3.13. The maximum Gasteiger partial charge on any atom is 0.372 e. The second-order valence-corrected chi connectivity index (χ2v) is 3.83. The smallest absolute Gasteiger partial charge is 0.372 e. The molecule has 0 radical (unpaired) electrons. The molecule has 0 aliphatic rings. The van der Waals surface area contributed by atoms with Crippen molar-refractivity contribution >= 4 is 32.9 Å². The molecule has 0 aliphatic carbocycles. The fourth-order valence-electron chi connectivity index (χ4n) is 1.46. The summed E-state index contributed by atoms with van der Waals surface area (Å²) in [6, 6.07) is 5.41. The number of rotatable bonds is 1. The Balaban J connectivity index is 2.87. The highest BCUT2D eigenvalue weighted by Crippen LogP contribution is 2.31. The van der Waals surface area contributed by atoms with Crippen LogP contribution in [-0.4, -0.2) is 11.1 Å². The van der Waals surface area contributed by atoms with Crippen LogP contribution >= 0.6 is 15.9 Å². The standard InChI is InChI=1S/C10H7BrO3/c1-5-8-6(11)3-2-4-7(8)14-9(5)10(12)13/h2-4H,1H3,(H,12,13). The lowest BCUT2D eigenvalue weighted by molar-refractivity contribution is 0.0664. The lowest BCUT2D eigenvalue weighted by Crippen LogP contribution is -1.95. The number of carboxylic acids is 1. The van der Waals surface area contributed by atoms with E-state index in [1.54, 1.807) is 19.1 Å². The molecule has 4 heteroatoms. The minimum atomic E-state index is -1.04. The summed E-state index contributed by atoms with van der Waals surface area (Å²) in [6.07, 6.45) is 0. The van der Waals surface area contributed by atoms with Gasteiger partial charge in [-0.3, -0.25) is 0 Å². The third-order valence-corrected chi connectivity index (χ3v) is 2.76. The van der Waals surface area contributed by atoms with Crippen molar-refractivity contribution in [3.63, 3.8) is 0 Å². The number of hydrogen-bond donors (Lipinski definition) is 1. The highest BCUT2D eigenvalue weighted by atomic mass is 79.9. The van der Waals surface area contributed by atoms with E-state index in [9.17, 15) is 4.79 Å². The molecule has 72 valence electrons. The van der Waals surface area contributed by atoms with Crippen LogP contribution in [0.4, 0.5) is 0 Å². The van der Waals surface area contributed by atoms with Gasteiger partial charge < -0.3 is 9.52 Å². The number of furan rings is 1. The molecule has 1 aromatic carbocycles. The van der Waals surface area contributed by atoms with Crippen molar-refractivity contribution in [2.24, 2.45) is 0 Å². The third-order valence-electron chi connectivity index (χ3n) is 2.10. The fourth-order valence-corrected chi connectivity index (χ4v) is 2.10. The van der Waals surface area contributed by atoms with Gasteiger partial charge in [0.2, 0.25) is 5.76 Å². The SMILES string of the molecule is Cc1c(C(=O)O)oc2cccc(Br)c12. The van der Waals surface area contributed by atoms with Crippen molar-refractivity contribution in [1.82, 2.24) is 0 Å². The summed E-state index contributed by atoms with van der Waals surface area (Å²) in [4.78, 5) is 10.8. The monoisotopic (exact) mass is 254 g/mol. The fraction of sp³-hybridized carbons (Fsp3) is 0.100. The Morgan fingerprint density at radius 2 is 2.21 bits per heavy atom. The van der Waals surface area contributed by atoms with E-state index in [1.807, 2.05) is 6.07 Å². The van der Waals surface area contributed by atoms with Gasteiger partial charge in [0.1, 0.15) is 5.58 Å². The molecule has 3 nitrogen and oxygen atoms in total. The Bertz CT molecular complexity index is 513. The van der Waals surface area contributed by atoms with Gasteiger partial charge in [-0.25, -0.2) is 4.79 Å². The molecule has 2 rings (SSSR count). The van der Waals surface area contributed by atoms with E-state index in [0.717, 1.165) is 9.86 Å². The van der Waals surface area contributed by atoms with E-state index >= 15 is 0 Å². The highest BCUT2D eigenvalue weighted by Gasteiger charge is 2.17. The molecule has 0 aliphatic heterocycles. The first-order valence-corrected chi connectivity index (χ1v) is 4.81. The van der Waals surface area contributed by atoms with Gasteiger partial charge in [0.25, 0.3) is 0 Å². The van der Waals surface area contributed by atoms with Crippen molar-refractivity contribution in [2.45, 2.75) is 6.92 Å². The Hall–Kier alpha value is -1.29. The topological polar surface area (TPSA) is 50.4 Å². The van der Waals surface area contributed by atoms with E-state index in [2.05, 4.69) is 15.9 Å². The van der Waals surface area contributed by atoms with Gasteiger partial charge >= 0.3 is 5.97 Å². The Morgan fingerprint density at radius 3 is 2.79 bits per heavy atom. The average Bonchev–Trinajstić information content (AvgIpc) is 2.45. The minimum Gasteiger partial charge on any atom is -0.475 e. The van der Waals surface area contributed by atoms with Crippen molar-refractivity contribution in [1.29, 1.82) is 0 Å². The number of halogens is 1. The lowest BCUT2D eigenvalue weighted by atomic mass is 10.1. The van der Waals surface area contributed by atoms with E-state index in [0.29, 0.717) is 11.1 Å². The number of carbonyl (C=O) groups is 1. The van der Waals surface area contributed by atoms with Crippen LogP contribution in [0.15, 0.2) is 27.1 Å². The summed E-state index contributed by atoms with van der Waals surface area (Å²) in [5, 5.41) is 9.67. The van der Waals surface area contributed by atoms with Crippen LogP contribution in [0.2, 0.25) is 0 Å². The summed E-state index contributed by atoms with van der Waals surface area (Å²) in [7, 11) is 0. The molecule has 1 aromatic heterocycles. The van der Waals surface area contributed by atoms with Gasteiger partial charge in [-0.05, 0) is 19.1 Å². The van der Waals surface area contributed by atoms with Gasteiger partial charge in [0, 0.05) is 15.4 Å². The van der Waals surface area contributed by atoms with Gasteiger partial charge in [0.15, 0.2) is 0 Å². The molecular weight excluding hydrogens is 248 g/mol. The van der Waals surface area contributed by atoms with E-state index < -0.39 is 5.97 Å². The molecule has 0 fully saturated rings. The van der Waals surface area contributed by atoms with Gasteiger partial charge in [-0.2, -0.15) is 0 Å². The van der Waals surface area contributed by atoms with Gasteiger partial charge in [-0.1, -0.05) is 22.0 Å². The van der Waals surface area contributed by atoms with Crippen LogP contribution in [0, 0.1) is 6.92 Å². The number of benzene rings is 1. The quantitative estimate of drug-likeness (QED) is 0.851. The molecular formula is C10H7BrO3. The first kappa shape index (κ1) is 9.27. The van der Waals surface area contributed by atoms with E-state index in [4.69, 9.17) is 9.52 Å². The van der Waals surface area contributed by atoms with Crippen LogP contribution in [0.25, 0.3) is 11.0 Å². The second-order valence-electron chi connectivity index (χ2n) is 2.97. The van der Waals surface area contributed by atoms with Crippen LogP contribution < -0.4 is 0 Å². The molecule has 0 amide bonds. The van der Waals surface area contributed by atoms with E-state index in [1.165, 1.54) is 0 Å². The van der Waals surface area contributed by atoms with Gasteiger partial charge in [0.05, 0.1) is 0 Å². The average molecular weight is 255 g/mol. The number of carboxylic acid groups (broad SMARTS) is 1. The predicted molar refractivity (Wildman–Crippen MR) is 55.6 cm³/mol. The predicted octanol–water partition coefficient (Wildman–Crippen LogP) is 3.20. The highest BCUT2D eigenvalue weighted by molar-refractivity contribution is 9.10. The van der Waals surface area contributed by atoms with E-state index in [-0.39, 0.29) is 5.76 Å². The zero-order valence-electron chi connectivity index (χ0n) is 7.37. The summed E-state index contributed by atoms with van der Waals surface area (Å²) >= 11 is 3.36. The molecule has 0 saturated heterocycles. The summed E-state index contributed by atoms with van der Waals surface area (Å²) in [5.74, 6) is -1.03. The van der Waals surface area contributed by atoms with Crippen LogP contribution in [0.3, 0.4) is 0 Å². The van der Waals surface area contributed by atoms with Gasteiger partial charge in [-0.15, -0.1) is 0 Å². The molecule has 2 aromatic rings.